The molecular weight excluding hydrogens is 350 g/mol. The molecular formula is C22H25N5O. The van der Waals surface area contributed by atoms with E-state index in [9.17, 15) is 4.79 Å². The highest BCUT2D eigenvalue weighted by molar-refractivity contribution is 5.96. The van der Waals surface area contributed by atoms with E-state index in [2.05, 4.69) is 26.5 Å². The summed E-state index contributed by atoms with van der Waals surface area (Å²) in [6.45, 7) is 6.29. The van der Waals surface area contributed by atoms with Gasteiger partial charge in [-0.05, 0) is 24.6 Å². The van der Waals surface area contributed by atoms with Gasteiger partial charge in [0.15, 0.2) is 0 Å². The second-order valence-corrected chi connectivity index (χ2v) is 6.60. The first kappa shape index (κ1) is 17.7. The fraction of sp³-hybridized carbons (Fsp3) is 0.136. The maximum atomic E-state index is 13.2. The summed E-state index contributed by atoms with van der Waals surface area (Å²) in [5, 5.41) is 0.918. The summed E-state index contributed by atoms with van der Waals surface area (Å²) in [5.41, 5.74) is 4.00. The van der Waals surface area contributed by atoms with Gasteiger partial charge in [0, 0.05) is 32.7 Å². The van der Waals surface area contributed by atoms with Gasteiger partial charge in [-0.1, -0.05) is 36.4 Å². The summed E-state index contributed by atoms with van der Waals surface area (Å²) in [6, 6.07) is 13.7. The molecule has 3 heterocycles. The molecule has 6 heteroatoms. The number of carbonyl (C=O) groups excluding carboxylic acids is 1. The molecule has 0 bridgehead atoms. The van der Waals surface area contributed by atoms with Crippen LogP contribution in [0, 0.1) is 0 Å². The number of aromatic nitrogens is 4. The fourth-order valence-corrected chi connectivity index (χ4v) is 3.38. The molecule has 0 saturated heterocycles. The van der Waals surface area contributed by atoms with Gasteiger partial charge >= 0.3 is 0 Å². The first-order chi connectivity index (χ1) is 13.7. The van der Waals surface area contributed by atoms with E-state index in [1.54, 1.807) is 17.2 Å². The molecule has 1 unspecified atom stereocenters. The van der Waals surface area contributed by atoms with Crippen molar-refractivity contribution in [1.29, 1.82) is 0 Å². The summed E-state index contributed by atoms with van der Waals surface area (Å²) in [5.74, 6) is -0.0816. The van der Waals surface area contributed by atoms with Crippen LogP contribution in [-0.4, -0.2) is 37.3 Å². The topological polar surface area (TPSA) is 77.7 Å². The molecule has 2 N–H and O–H groups in total. The molecule has 0 aliphatic rings. The van der Waals surface area contributed by atoms with E-state index in [1.165, 1.54) is 6.33 Å². The van der Waals surface area contributed by atoms with Gasteiger partial charge in [-0.2, -0.15) is 0 Å². The lowest BCUT2D eigenvalue weighted by Crippen LogP contribution is -2.34. The van der Waals surface area contributed by atoms with Crippen molar-refractivity contribution in [3.63, 3.8) is 0 Å². The van der Waals surface area contributed by atoms with Gasteiger partial charge < -0.3 is 14.9 Å². The second kappa shape index (κ2) is 7.52. The minimum atomic E-state index is -0.0816. The Labute approximate surface area is 165 Å². The van der Waals surface area contributed by atoms with Crippen LogP contribution in [0.1, 0.15) is 31.9 Å². The summed E-state index contributed by atoms with van der Waals surface area (Å²) in [6.07, 6.45) is 6.90. The third kappa shape index (κ3) is 3.20. The van der Waals surface area contributed by atoms with Crippen LogP contribution in [-0.2, 0) is 0 Å². The van der Waals surface area contributed by atoms with Gasteiger partial charge in [-0.15, -0.1) is 6.58 Å². The number of nitrogens with one attached hydrogen (secondary N) is 2. The lowest BCUT2D eigenvalue weighted by atomic mass is 10.1. The number of fused-ring (bicyclic) bond motifs is 1. The van der Waals surface area contributed by atoms with Gasteiger partial charge in [-0.3, -0.25) is 4.79 Å². The number of hydrogen-bond donors (Lipinski definition) is 2. The molecule has 0 fully saturated rings. The van der Waals surface area contributed by atoms with Crippen molar-refractivity contribution in [3.05, 3.63) is 85.1 Å². The predicted octanol–water partition coefficient (Wildman–Crippen LogP) is 4.83. The molecule has 0 saturated carbocycles. The largest absolute Gasteiger partial charge is 0.357 e. The van der Waals surface area contributed by atoms with E-state index in [0.717, 1.165) is 27.9 Å². The van der Waals surface area contributed by atoms with Crippen LogP contribution >= 0.6 is 0 Å². The molecule has 28 heavy (non-hydrogen) atoms. The zero-order chi connectivity index (χ0) is 19.5. The number of nitrogens with zero attached hydrogens (tertiary/aromatic N) is 3. The van der Waals surface area contributed by atoms with Gasteiger partial charge in [0.2, 0.25) is 0 Å². The predicted molar refractivity (Wildman–Crippen MR) is 114 cm³/mol. The van der Waals surface area contributed by atoms with Crippen molar-refractivity contribution in [1.82, 2.24) is 24.8 Å². The monoisotopic (exact) mass is 375 g/mol. The number of aromatic amines is 2. The Morgan fingerprint density at radius 2 is 2.07 bits per heavy atom. The van der Waals surface area contributed by atoms with E-state index in [-0.39, 0.29) is 14.8 Å². The van der Waals surface area contributed by atoms with Crippen molar-refractivity contribution in [2.45, 2.75) is 13.0 Å². The van der Waals surface area contributed by atoms with E-state index in [4.69, 9.17) is 0 Å². The molecule has 3 aromatic heterocycles. The minimum Gasteiger partial charge on any atom is -0.357 e. The maximum Gasteiger partial charge on any atom is 0.271 e. The first-order valence-electron chi connectivity index (χ1n) is 9.12. The Balaban J connectivity index is 0.00000160. The molecule has 0 radical (unpaired) electrons. The average Bonchev–Trinajstić information content (AvgIpc) is 3.41. The Kier molecular flexibility index (Phi) is 4.76. The summed E-state index contributed by atoms with van der Waals surface area (Å²) in [4.78, 5) is 29.8. The smallest absolute Gasteiger partial charge is 0.271 e. The van der Waals surface area contributed by atoms with E-state index in [1.807, 2.05) is 55.6 Å². The molecule has 1 aromatic carbocycles. The van der Waals surface area contributed by atoms with Gasteiger partial charge in [0.05, 0.1) is 11.7 Å². The van der Waals surface area contributed by atoms with Gasteiger partial charge in [0.1, 0.15) is 17.7 Å². The quantitative estimate of drug-likeness (QED) is 0.474. The van der Waals surface area contributed by atoms with E-state index < -0.39 is 0 Å². The summed E-state index contributed by atoms with van der Waals surface area (Å²) >= 11 is 0. The number of amides is 1. The Morgan fingerprint density at radius 3 is 2.86 bits per heavy atom. The third-order valence-electron chi connectivity index (χ3n) is 4.88. The van der Waals surface area contributed by atoms with Crippen molar-refractivity contribution in [3.8, 4) is 11.3 Å². The molecule has 4 aromatic rings. The normalized spacial score (nSPS) is 12.0. The van der Waals surface area contributed by atoms with Gasteiger partial charge in [-0.25, -0.2) is 9.97 Å². The first-order valence-corrected chi connectivity index (χ1v) is 9.12. The Bertz CT molecular complexity index is 1120. The highest BCUT2D eigenvalue weighted by Gasteiger charge is 2.23. The number of benzene rings is 1. The maximum absolute atomic E-state index is 13.2. The number of H-pyrrole nitrogens is 2. The third-order valence-corrected chi connectivity index (χ3v) is 4.88. The van der Waals surface area contributed by atoms with E-state index in [0.29, 0.717) is 12.2 Å². The fourth-order valence-electron chi connectivity index (χ4n) is 3.38. The van der Waals surface area contributed by atoms with Crippen molar-refractivity contribution >= 4 is 16.9 Å². The van der Waals surface area contributed by atoms with Crippen molar-refractivity contribution < 1.29 is 7.65 Å². The number of hydrogen-bond acceptors (Lipinski definition) is 3. The summed E-state index contributed by atoms with van der Waals surface area (Å²) < 4.78 is 0. The van der Waals surface area contributed by atoms with Crippen LogP contribution in [0.4, 0.5) is 0 Å². The highest BCUT2D eigenvalue weighted by atomic mass is 16.2. The lowest BCUT2D eigenvalue weighted by Gasteiger charge is -2.28. The van der Waals surface area contributed by atoms with Crippen LogP contribution < -0.4 is 0 Å². The molecule has 1 amide bonds. The zero-order valence-corrected chi connectivity index (χ0v) is 15.6. The molecule has 4 rings (SSSR count). The van der Waals surface area contributed by atoms with Crippen LogP contribution in [0.15, 0.2) is 73.8 Å². The summed E-state index contributed by atoms with van der Waals surface area (Å²) in [7, 11) is 0. The lowest BCUT2D eigenvalue weighted by molar-refractivity contribution is 0.0709. The van der Waals surface area contributed by atoms with E-state index >= 15 is 0 Å². The molecule has 6 nitrogen and oxygen atoms in total. The SMILES string of the molecule is C=CCN(C(=O)c1cc(-c2ncnc3[nH]ccc23)c[nH]1)C(C)c1ccccc1.[HH].[HH]. The Morgan fingerprint density at radius 1 is 1.25 bits per heavy atom. The zero-order valence-electron chi connectivity index (χ0n) is 15.6. The number of rotatable bonds is 6. The van der Waals surface area contributed by atoms with Crippen LogP contribution in [0.25, 0.3) is 22.3 Å². The van der Waals surface area contributed by atoms with Crippen molar-refractivity contribution in [2.24, 2.45) is 0 Å². The van der Waals surface area contributed by atoms with Gasteiger partial charge in [0.25, 0.3) is 5.91 Å². The standard InChI is InChI=1S/C22H21N5O.2H2/c1-3-11-27(15(2)16-7-5-4-6-8-16)22(28)19-12-17(13-24-19)20-18-9-10-23-21(18)26-14-25-20;;/h3-10,12-15,24H,1,11H2,2H3,(H,23,25,26);2*1H. The number of carbonyl (C=O) groups is 1. The van der Waals surface area contributed by atoms with Crippen LogP contribution in [0.2, 0.25) is 0 Å². The molecule has 0 spiro atoms. The average molecular weight is 375 g/mol. The molecule has 0 aliphatic carbocycles. The van der Waals surface area contributed by atoms with Crippen molar-refractivity contribution in [2.75, 3.05) is 6.54 Å². The second-order valence-electron chi connectivity index (χ2n) is 6.60. The van der Waals surface area contributed by atoms with Crippen LogP contribution in [0.3, 0.4) is 0 Å². The van der Waals surface area contributed by atoms with Crippen LogP contribution in [0.5, 0.6) is 0 Å². The molecule has 1 atom stereocenters. The molecule has 144 valence electrons. The minimum absolute atomic E-state index is 0. The Hall–Kier alpha value is -3.67. The molecule has 0 aliphatic heterocycles. The highest BCUT2D eigenvalue weighted by Crippen LogP contribution is 2.27.